The first-order valence-electron chi connectivity index (χ1n) is 6.91. The van der Waals surface area contributed by atoms with E-state index in [1.807, 2.05) is 0 Å². The Labute approximate surface area is 137 Å². The highest BCUT2D eigenvalue weighted by Gasteiger charge is 2.07. The van der Waals surface area contributed by atoms with Crippen LogP contribution < -0.4 is 0 Å². The fraction of sp³-hybridized carbons (Fsp3) is 0. The van der Waals surface area contributed by atoms with Crippen molar-refractivity contribution >= 4 is 23.5 Å². The Balaban J connectivity index is 1.83. The van der Waals surface area contributed by atoms with Gasteiger partial charge in [0.2, 0.25) is 0 Å². The molecule has 0 bridgehead atoms. The van der Waals surface area contributed by atoms with Gasteiger partial charge < -0.3 is 0 Å². The number of halogens is 2. The highest BCUT2D eigenvalue weighted by molar-refractivity contribution is 6.30. The largest absolute Gasteiger partial charge is 0.289 e. The number of nitrogens with zero attached hydrogens (tertiary/aromatic N) is 1. The molecule has 3 rings (SSSR count). The summed E-state index contributed by atoms with van der Waals surface area (Å²) in [6, 6.07) is 12.7. The van der Waals surface area contributed by atoms with Crippen LogP contribution in [-0.2, 0) is 0 Å². The van der Waals surface area contributed by atoms with Gasteiger partial charge in [-0.1, -0.05) is 11.6 Å². The van der Waals surface area contributed by atoms with Crippen molar-refractivity contribution in [3.8, 4) is 11.3 Å². The number of nitrogens with one attached hydrogen (secondary N) is 1. The summed E-state index contributed by atoms with van der Waals surface area (Å²) in [4.78, 5) is 12.1. The molecule has 0 spiro atoms. The summed E-state index contributed by atoms with van der Waals surface area (Å²) in [6.07, 6.45) is 4.77. The van der Waals surface area contributed by atoms with E-state index in [-0.39, 0.29) is 11.6 Å². The predicted octanol–water partition coefficient (Wildman–Crippen LogP) is 4.77. The van der Waals surface area contributed by atoms with Crippen LogP contribution >= 0.6 is 11.6 Å². The van der Waals surface area contributed by atoms with Crippen molar-refractivity contribution < 1.29 is 9.18 Å². The quantitative estimate of drug-likeness (QED) is 0.554. The zero-order chi connectivity index (χ0) is 16.2. The van der Waals surface area contributed by atoms with E-state index in [1.54, 1.807) is 48.7 Å². The van der Waals surface area contributed by atoms with Crippen LogP contribution in [0.2, 0.25) is 5.02 Å². The number of aromatic nitrogens is 2. The van der Waals surface area contributed by atoms with E-state index in [0.29, 0.717) is 10.6 Å². The fourth-order valence-corrected chi connectivity index (χ4v) is 2.27. The lowest BCUT2D eigenvalue weighted by Gasteiger charge is -2.00. The van der Waals surface area contributed by atoms with E-state index in [4.69, 9.17) is 11.6 Å². The van der Waals surface area contributed by atoms with Gasteiger partial charge in [-0.05, 0) is 60.7 Å². The van der Waals surface area contributed by atoms with E-state index in [2.05, 4.69) is 10.2 Å². The van der Waals surface area contributed by atoms with Crippen molar-refractivity contribution in [1.82, 2.24) is 10.2 Å². The Hall–Kier alpha value is -2.72. The van der Waals surface area contributed by atoms with Crippen LogP contribution in [0.3, 0.4) is 0 Å². The molecule has 0 aliphatic rings. The second-order valence-corrected chi connectivity index (χ2v) is 5.35. The lowest BCUT2D eigenvalue weighted by Crippen LogP contribution is -1.93. The molecule has 1 heterocycles. The van der Waals surface area contributed by atoms with Gasteiger partial charge in [0, 0.05) is 21.7 Å². The number of rotatable bonds is 4. The summed E-state index contributed by atoms with van der Waals surface area (Å²) in [6.45, 7) is 0. The maximum absolute atomic E-state index is 13.0. The van der Waals surface area contributed by atoms with E-state index in [1.165, 1.54) is 18.2 Å². The van der Waals surface area contributed by atoms with Gasteiger partial charge in [-0.15, -0.1) is 0 Å². The van der Waals surface area contributed by atoms with Gasteiger partial charge in [0.05, 0.1) is 11.9 Å². The molecule has 3 aromatic rings. The van der Waals surface area contributed by atoms with Gasteiger partial charge in [0.1, 0.15) is 5.82 Å². The number of ketones is 1. The van der Waals surface area contributed by atoms with Gasteiger partial charge in [0.15, 0.2) is 5.78 Å². The molecule has 1 N–H and O–H groups in total. The van der Waals surface area contributed by atoms with Crippen molar-refractivity contribution in [2.24, 2.45) is 0 Å². The molecule has 114 valence electrons. The lowest BCUT2D eigenvalue weighted by atomic mass is 10.1. The Morgan fingerprint density at radius 2 is 1.78 bits per heavy atom. The van der Waals surface area contributed by atoms with Crippen molar-refractivity contribution in [3.05, 3.63) is 82.8 Å². The number of benzene rings is 2. The fourth-order valence-electron chi connectivity index (χ4n) is 2.15. The van der Waals surface area contributed by atoms with Crippen molar-refractivity contribution in [2.45, 2.75) is 0 Å². The Kier molecular flexibility index (Phi) is 4.35. The van der Waals surface area contributed by atoms with Crippen LogP contribution in [-0.4, -0.2) is 16.0 Å². The first kappa shape index (κ1) is 15.2. The van der Waals surface area contributed by atoms with Gasteiger partial charge in [-0.2, -0.15) is 5.10 Å². The molecule has 5 heteroatoms. The second kappa shape index (κ2) is 6.58. The molecule has 0 radical (unpaired) electrons. The normalized spacial score (nSPS) is 11.0. The molecule has 1 aromatic heterocycles. The highest BCUT2D eigenvalue weighted by atomic mass is 35.5. The smallest absolute Gasteiger partial charge is 0.185 e. The lowest BCUT2D eigenvalue weighted by molar-refractivity contribution is 0.104. The molecule has 2 aromatic carbocycles. The minimum Gasteiger partial charge on any atom is -0.289 e. The van der Waals surface area contributed by atoms with Crippen molar-refractivity contribution in [2.75, 3.05) is 0 Å². The Bertz CT molecular complexity index is 851. The first-order valence-corrected chi connectivity index (χ1v) is 7.28. The van der Waals surface area contributed by atoms with Crippen LogP contribution in [0.5, 0.6) is 0 Å². The molecule has 0 unspecified atom stereocenters. The number of hydrogen-bond donors (Lipinski definition) is 1. The second-order valence-electron chi connectivity index (χ2n) is 4.91. The third kappa shape index (κ3) is 3.55. The molecule has 0 saturated carbocycles. The molecule has 0 fully saturated rings. The van der Waals surface area contributed by atoms with Crippen LogP contribution in [0.1, 0.15) is 15.9 Å². The van der Waals surface area contributed by atoms with Crippen LogP contribution in [0.25, 0.3) is 17.3 Å². The monoisotopic (exact) mass is 326 g/mol. The SMILES string of the molecule is O=C(C=Cc1cn[nH]c1-c1ccc(F)cc1)c1ccc(Cl)cc1. The number of allylic oxidation sites excluding steroid dienone is 1. The van der Waals surface area contributed by atoms with Gasteiger partial charge in [-0.3, -0.25) is 9.89 Å². The maximum Gasteiger partial charge on any atom is 0.185 e. The average molecular weight is 327 g/mol. The molecule has 0 aliphatic carbocycles. The minimum absolute atomic E-state index is 0.132. The molecule has 0 saturated heterocycles. The highest BCUT2D eigenvalue weighted by Crippen LogP contribution is 2.22. The van der Waals surface area contributed by atoms with Crippen LogP contribution in [0.15, 0.2) is 60.8 Å². The van der Waals surface area contributed by atoms with E-state index >= 15 is 0 Å². The third-order valence-electron chi connectivity index (χ3n) is 3.34. The topological polar surface area (TPSA) is 45.8 Å². The third-order valence-corrected chi connectivity index (χ3v) is 3.60. The molecule has 23 heavy (non-hydrogen) atoms. The molecular formula is C18H12ClFN2O. The number of aromatic amines is 1. The Morgan fingerprint density at radius 1 is 1.09 bits per heavy atom. The standard InChI is InChI=1S/C18H12ClFN2O/c19-15-6-1-12(2-7-15)17(23)10-5-14-11-21-22-18(14)13-3-8-16(20)9-4-13/h1-11H,(H,21,22). The number of carbonyl (C=O) groups excluding carboxylic acids is 1. The summed E-state index contributed by atoms with van der Waals surface area (Å²) in [7, 11) is 0. The molecule has 0 amide bonds. The number of carbonyl (C=O) groups is 1. The summed E-state index contributed by atoms with van der Waals surface area (Å²) in [5.41, 5.74) is 2.82. The number of H-pyrrole nitrogens is 1. The minimum atomic E-state index is -0.303. The maximum atomic E-state index is 13.0. The first-order chi connectivity index (χ1) is 11.1. The van der Waals surface area contributed by atoms with E-state index in [0.717, 1.165) is 16.8 Å². The van der Waals surface area contributed by atoms with Gasteiger partial charge in [0.25, 0.3) is 0 Å². The zero-order valence-electron chi connectivity index (χ0n) is 12.0. The number of hydrogen-bond acceptors (Lipinski definition) is 2. The van der Waals surface area contributed by atoms with E-state index < -0.39 is 0 Å². The van der Waals surface area contributed by atoms with Crippen LogP contribution in [0, 0.1) is 5.82 Å². The Morgan fingerprint density at radius 3 is 2.48 bits per heavy atom. The van der Waals surface area contributed by atoms with Crippen molar-refractivity contribution in [1.29, 1.82) is 0 Å². The molecular weight excluding hydrogens is 315 g/mol. The summed E-state index contributed by atoms with van der Waals surface area (Å²) in [5, 5.41) is 7.43. The summed E-state index contributed by atoms with van der Waals surface area (Å²) < 4.78 is 13.0. The predicted molar refractivity (Wildman–Crippen MR) is 88.8 cm³/mol. The van der Waals surface area contributed by atoms with Gasteiger partial charge in [-0.25, -0.2) is 4.39 Å². The van der Waals surface area contributed by atoms with E-state index in [9.17, 15) is 9.18 Å². The average Bonchev–Trinajstić information content (AvgIpc) is 3.02. The van der Waals surface area contributed by atoms with Gasteiger partial charge >= 0.3 is 0 Å². The van der Waals surface area contributed by atoms with Crippen LogP contribution in [0.4, 0.5) is 4.39 Å². The zero-order valence-corrected chi connectivity index (χ0v) is 12.7. The van der Waals surface area contributed by atoms with Crippen molar-refractivity contribution in [3.63, 3.8) is 0 Å². The summed E-state index contributed by atoms with van der Waals surface area (Å²) >= 11 is 5.81. The molecule has 0 atom stereocenters. The molecule has 3 nitrogen and oxygen atoms in total. The molecule has 0 aliphatic heterocycles. The summed E-state index contributed by atoms with van der Waals surface area (Å²) in [5.74, 6) is -0.434.